The summed E-state index contributed by atoms with van der Waals surface area (Å²) in [5.41, 5.74) is 1.36. The van der Waals surface area contributed by atoms with Crippen molar-refractivity contribution < 1.29 is 0 Å². The van der Waals surface area contributed by atoms with Crippen LogP contribution in [0.5, 0.6) is 0 Å². The van der Waals surface area contributed by atoms with Crippen LogP contribution in [-0.4, -0.2) is 19.6 Å². The molecule has 1 aromatic rings. The highest BCUT2D eigenvalue weighted by atomic mass is 14.9. The summed E-state index contributed by atoms with van der Waals surface area (Å²) in [6.07, 6.45) is 2.42. The van der Waals surface area contributed by atoms with Gasteiger partial charge in [-0.25, -0.2) is 0 Å². The molecule has 0 aromatic heterocycles. The van der Waals surface area contributed by atoms with Gasteiger partial charge in [0.05, 0.1) is 0 Å². The smallest absolute Gasteiger partial charge is 0.0205 e. The fourth-order valence-electron chi connectivity index (χ4n) is 1.47. The minimum atomic E-state index is 0.981. The highest BCUT2D eigenvalue weighted by molar-refractivity contribution is 5.14. The predicted molar refractivity (Wildman–Crippen MR) is 65.9 cm³/mol. The van der Waals surface area contributed by atoms with Crippen LogP contribution < -0.4 is 10.6 Å². The molecule has 2 nitrogen and oxygen atoms in total. The SMILES string of the molecule is CCCNCCCNCc1ccccc1. The normalized spacial score (nSPS) is 10.5. The highest BCUT2D eigenvalue weighted by Gasteiger charge is 1.90. The number of hydrogen-bond acceptors (Lipinski definition) is 2. The van der Waals surface area contributed by atoms with Gasteiger partial charge in [0.25, 0.3) is 0 Å². The average Bonchev–Trinajstić information content (AvgIpc) is 2.29. The molecule has 0 amide bonds. The molecule has 0 atom stereocenters. The van der Waals surface area contributed by atoms with E-state index in [9.17, 15) is 0 Å². The molecule has 0 heterocycles. The summed E-state index contributed by atoms with van der Waals surface area (Å²) in [5.74, 6) is 0. The van der Waals surface area contributed by atoms with Crippen LogP contribution in [0.15, 0.2) is 30.3 Å². The predicted octanol–water partition coefficient (Wildman–Crippen LogP) is 2.17. The Morgan fingerprint density at radius 2 is 1.67 bits per heavy atom. The van der Waals surface area contributed by atoms with Gasteiger partial charge in [-0.1, -0.05) is 37.3 Å². The van der Waals surface area contributed by atoms with Gasteiger partial charge in [-0.2, -0.15) is 0 Å². The molecule has 15 heavy (non-hydrogen) atoms. The molecule has 84 valence electrons. The van der Waals surface area contributed by atoms with Crippen LogP contribution in [0.1, 0.15) is 25.3 Å². The van der Waals surface area contributed by atoms with Crippen LogP contribution in [0.2, 0.25) is 0 Å². The molecule has 0 radical (unpaired) electrons. The number of rotatable bonds is 8. The Morgan fingerprint density at radius 3 is 2.40 bits per heavy atom. The fraction of sp³-hybridized carbons (Fsp3) is 0.538. The lowest BCUT2D eigenvalue weighted by molar-refractivity contribution is 0.592. The van der Waals surface area contributed by atoms with Gasteiger partial charge in [-0.3, -0.25) is 0 Å². The quantitative estimate of drug-likeness (QED) is 0.637. The van der Waals surface area contributed by atoms with E-state index in [4.69, 9.17) is 0 Å². The van der Waals surface area contributed by atoms with E-state index < -0.39 is 0 Å². The van der Waals surface area contributed by atoms with Gasteiger partial charge in [0, 0.05) is 6.54 Å². The summed E-state index contributed by atoms with van der Waals surface area (Å²) in [5, 5.41) is 6.83. The van der Waals surface area contributed by atoms with Crippen LogP contribution >= 0.6 is 0 Å². The van der Waals surface area contributed by atoms with Gasteiger partial charge in [-0.05, 0) is 38.0 Å². The van der Waals surface area contributed by atoms with Crippen LogP contribution in [0.25, 0.3) is 0 Å². The molecule has 0 fully saturated rings. The largest absolute Gasteiger partial charge is 0.317 e. The van der Waals surface area contributed by atoms with E-state index in [-0.39, 0.29) is 0 Å². The monoisotopic (exact) mass is 206 g/mol. The second-order valence-corrected chi connectivity index (χ2v) is 3.77. The first-order valence-corrected chi connectivity index (χ1v) is 5.89. The molecular weight excluding hydrogens is 184 g/mol. The van der Waals surface area contributed by atoms with Gasteiger partial charge in [0.2, 0.25) is 0 Å². The van der Waals surface area contributed by atoms with Crippen LogP contribution in [0, 0.1) is 0 Å². The van der Waals surface area contributed by atoms with Gasteiger partial charge in [0.15, 0.2) is 0 Å². The van der Waals surface area contributed by atoms with Crippen molar-refractivity contribution in [1.29, 1.82) is 0 Å². The fourth-order valence-corrected chi connectivity index (χ4v) is 1.47. The third-order valence-corrected chi connectivity index (χ3v) is 2.31. The van der Waals surface area contributed by atoms with Crippen LogP contribution in [0.4, 0.5) is 0 Å². The number of benzene rings is 1. The Balaban J connectivity index is 1.93. The van der Waals surface area contributed by atoms with Crippen molar-refractivity contribution in [3.05, 3.63) is 35.9 Å². The lowest BCUT2D eigenvalue weighted by Crippen LogP contribution is -2.22. The van der Waals surface area contributed by atoms with Crippen molar-refractivity contribution in [3.8, 4) is 0 Å². The molecule has 0 unspecified atom stereocenters. The van der Waals surface area contributed by atoms with E-state index in [1.54, 1.807) is 0 Å². The molecule has 0 spiro atoms. The van der Waals surface area contributed by atoms with Crippen molar-refractivity contribution >= 4 is 0 Å². The summed E-state index contributed by atoms with van der Waals surface area (Å²) in [7, 11) is 0. The zero-order chi connectivity index (χ0) is 10.8. The van der Waals surface area contributed by atoms with E-state index >= 15 is 0 Å². The Bertz CT molecular complexity index is 234. The topological polar surface area (TPSA) is 24.1 Å². The van der Waals surface area contributed by atoms with Gasteiger partial charge in [0.1, 0.15) is 0 Å². The van der Waals surface area contributed by atoms with Crippen LogP contribution in [-0.2, 0) is 6.54 Å². The summed E-state index contributed by atoms with van der Waals surface area (Å²) in [6.45, 7) is 6.52. The van der Waals surface area contributed by atoms with Crippen molar-refractivity contribution in [2.24, 2.45) is 0 Å². The summed E-state index contributed by atoms with van der Waals surface area (Å²) in [6, 6.07) is 10.5. The maximum absolute atomic E-state index is 3.44. The molecule has 2 heteroatoms. The molecule has 0 aliphatic heterocycles. The molecule has 1 rings (SSSR count). The lowest BCUT2D eigenvalue weighted by Gasteiger charge is -2.05. The number of nitrogens with one attached hydrogen (secondary N) is 2. The molecule has 0 aliphatic carbocycles. The van der Waals surface area contributed by atoms with E-state index in [0.29, 0.717) is 0 Å². The zero-order valence-corrected chi connectivity index (χ0v) is 9.63. The lowest BCUT2D eigenvalue weighted by atomic mass is 10.2. The third-order valence-electron chi connectivity index (χ3n) is 2.31. The second kappa shape index (κ2) is 8.45. The molecule has 0 aliphatic rings. The average molecular weight is 206 g/mol. The first-order valence-electron chi connectivity index (χ1n) is 5.89. The van der Waals surface area contributed by atoms with E-state index in [2.05, 4.69) is 47.9 Å². The molecule has 1 aromatic carbocycles. The maximum atomic E-state index is 3.44. The Labute approximate surface area is 93.1 Å². The van der Waals surface area contributed by atoms with Crippen molar-refractivity contribution in [3.63, 3.8) is 0 Å². The molecule has 2 N–H and O–H groups in total. The zero-order valence-electron chi connectivity index (χ0n) is 9.63. The third kappa shape index (κ3) is 6.26. The van der Waals surface area contributed by atoms with Crippen molar-refractivity contribution in [2.45, 2.75) is 26.3 Å². The molecule has 0 saturated heterocycles. The minimum Gasteiger partial charge on any atom is -0.317 e. The van der Waals surface area contributed by atoms with Gasteiger partial charge < -0.3 is 10.6 Å². The van der Waals surface area contributed by atoms with Gasteiger partial charge in [-0.15, -0.1) is 0 Å². The highest BCUT2D eigenvalue weighted by Crippen LogP contribution is 1.96. The van der Waals surface area contributed by atoms with Crippen molar-refractivity contribution in [1.82, 2.24) is 10.6 Å². The van der Waals surface area contributed by atoms with Gasteiger partial charge >= 0.3 is 0 Å². The Hall–Kier alpha value is -0.860. The number of hydrogen-bond donors (Lipinski definition) is 2. The standard InChI is InChI=1S/C13H22N2/c1-2-9-14-10-6-11-15-12-13-7-4-3-5-8-13/h3-5,7-8,14-15H,2,6,9-12H2,1H3. The first kappa shape index (κ1) is 12.2. The van der Waals surface area contributed by atoms with E-state index in [1.807, 2.05) is 0 Å². The van der Waals surface area contributed by atoms with E-state index in [1.165, 1.54) is 18.4 Å². The second-order valence-electron chi connectivity index (χ2n) is 3.77. The maximum Gasteiger partial charge on any atom is 0.0205 e. The Morgan fingerprint density at radius 1 is 0.933 bits per heavy atom. The summed E-state index contributed by atoms with van der Waals surface area (Å²) in [4.78, 5) is 0. The Kier molecular flexibility index (Phi) is 6.88. The summed E-state index contributed by atoms with van der Waals surface area (Å²) >= 11 is 0. The molecule has 0 saturated carbocycles. The summed E-state index contributed by atoms with van der Waals surface area (Å²) < 4.78 is 0. The first-order chi connectivity index (χ1) is 7.43. The molecular formula is C13H22N2. The minimum absolute atomic E-state index is 0.981. The van der Waals surface area contributed by atoms with E-state index in [0.717, 1.165) is 26.2 Å². The molecule has 0 bridgehead atoms. The van der Waals surface area contributed by atoms with Crippen LogP contribution in [0.3, 0.4) is 0 Å². The van der Waals surface area contributed by atoms with Crippen molar-refractivity contribution in [2.75, 3.05) is 19.6 Å².